The van der Waals surface area contributed by atoms with Crippen LogP contribution in [0.3, 0.4) is 0 Å². The Labute approximate surface area is 362 Å². The Bertz CT molecular complexity index is 1610. The van der Waals surface area contributed by atoms with E-state index in [9.17, 15) is 50.1 Å². The Morgan fingerprint density at radius 3 is 2.13 bits per heavy atom. The van der Waals surface area contributed by atoms with Gasteiger partial charge in [0.15, 0.2) is 36.7 Å². The van der Waals surface area contributed by atoms with Crippen LogP contribution in [0.25, 0.3) is 0 Å². The molecule has 354 valence electrons. The molecule has 23 unspecified atom stereocenters. The van der Waals surface area contributed by atoms with Gasteiger partial charge >= 0.3 is 17.9 Å². The van der Waals surface area contributed by atoms with E-state index in [1.165, 1.54) is 20.8 Å². The number of rotatable bonds is 12. The molecule has 7 aliphatic rings. The van der Waals surface area contributed by atoms with E-state index >= 15 is 0 Å². The molecule has 7 fully saturated rings. The van der Waals surface area contributed by atoms with E-state index in [2.05, 4.69) is 13.8 Å². The third-order valence-electron chi connectivity index (χ3n) is 16.3. The van der Waals surface area contributed by atoms with E-state index in [0.29, 0.717) is 32.1 Å². The minimum absolute atomic E-state index is 0.0896. The average molecular weight is 887 g/mol. The molecule has 18 heteroatoms. The molecule has 0 bridgehead atoms. The van der Waals surface area contributed by atoms with Crippen molar-refractivity contribution in [3.8, 4) is 0 Å². The number of ether oxygens (including phenoxy) is 8. The summed E-state index contributed by atoms with van der Waals surface area (Å²) in [5, 5.41) is 74.6. The van der Waals surface area contributed by atoms with Crippen LogP contribution in [0.2, 0.25) is 0 Å². The zero-order valence-corrected chi connectivity index (χ0v) is 36.9. The van der Waals surface area contributed by atoms with Crippen LogP contribution in [0.15, 0.2) is 0 Å². The quantitative estimate of drug-likeness (QED) is 0.105. The molecule has 0 aromatic carbocycles. The molecular formula is C44H70O18. The molecule has 3 saturated heterocycles. The highest BCUT2D eigenvalue weighted by atomic mass is 16.7. The first-order chi connectivity index (χ1) is 29.1. The summed E-state index contributed by atoms with van der Waals surface area (Å²) in [5.41, 5.74) is -0.872. The van der Waals surface area contributed by atoms with Gasteiger partial charge in [0.05, 0.1) is 44.2 Å². The lowest BCUT2D eigenvalue weighted by molar-refractivity contribution is -0.315. The molecule has 23 atom stereocenters. The van der Waals surface area contributed by atoms with Gasteiger partial charge in [-0.25, -0.2) is 0 Å². The smallest absolute Gasteiger partial charge is 0.303 e. The molecule has 0 aromatic rings. The molecule has 7 N–H and O–H groups in total. The molecule has 0 radical (unpaired) electrons. The summed E-state index contributed by atoms with van der Waals surface area (Å²) < 4.78 is 48.3. The number of aliphatic hydroxyl groups excluding tert-OH is 6. The third-order valence-corrected chi connectivity index (χ3v) is 16.3. The summed E-state index contributed by atoms with van der Waals surface area (Å²) in [4.78, 5) is 37.1. The molecule has 4 aliphatic carbocycles. The minimum atomic E-state index is -1.55. The summed E-state index contributed by atoms with van der Waals surface area (Å²) >= 11 is 0. The number of hydrogen-bond donors (Lipinski definition) is 7. The van der Waals surface area contributed by atoms with Gasteiger partial charge in [-0.1, -0.05) is 27.7 Å². The second kappa shape index (κ2) is 18.3. The topological polar surface area (TPSA) is 267 Å². The highest BCUT2D eigenvalue weighted by Crippen LogP contribution is 2.71. The zero-order valence-electron chi connectivity index (χ0n) is 36.9. The Hall–Kier alpha value is -2.07. The first-order valence-corrected chi connectivity index (χ1v) is 22.6. The van der Waals surface area contributed by atoms with Gasteiger partial charge in [0.1, 0.15) is 24.4 Å². The first-order valence-electron chi connectivity index (χ1n) is 22.6. The zero-order chi connectivity index (χ0) is 45.2. The first kappa shape index (κ1) is 47.9. The number of fused-ring (bicyclic) bond motifs is 7. The Morgan fingerprint density at radius 1 is 0.790 bits per heavy atom. The van der Waals surface area contributed by atoms with Crippen molar-refractivity contribution in [1.29, 1.82) is 0 Å². The van der Waals surface area contributed by atoms with E-state index in [0.717, 1.165) is 12.8 Å². The number of esters is 3. The molecule has 18 nitrogen and oxygen atoms in total. The highest BCUT2D eigenvalue weighted by Gasteiger charge is 2.71. The van der Waals surface area contributed by atoms with Crippen molar-refractivity contribution < 1.29 is 88.0 Å². The molecule has 0 amide bonds. The largest absolute Gasteiger partial charge is 0.456 e. The molecule has 4 saturated carbocycles. The van der Waals surface area contributed by atoms with Crippen molar-refractivity contribution in [3.63, 3.8) is 0 Å². The standard InChI is InChI=1S/C44H70O18/c1-19(17-55-40-37(53)36(52)35(51)31(16-45)61-40)10-11-44(54)20(2)33-29(62-44)13-26-25-9-8-24-12-27(49)28(50)14-42(24,6)34(25)30(15-43(26,33)7)60-41-39(59-23(5)48)38(58-22(4)47)32(18-56-41)57-21(3)46/h19-20,24-41,45,49-54H,8-18H2,1-7H3. The fraction of sp³-hybridized carbons (Fsp3) is 0.932. The van der Waals surface area contributed by atoms with Crippen molar-refractivity contribution >= 4 is 17.9 Å². The lowest BCUT2D eigenvalue weighted by atomic mass is 9.43. The monoisotopic (exact) mass is 886 g/mol. The van der Waals surface area contributed by atoms with Crippen LogP contribution >= 0.6 is 0 Å². The van der Waals surface area contributed by atoms with Crippen molar-refractivity contribution in [2.24, 2.45) is 52.3 Å². The number of carbonyl (C=O) groups excluding carboxylic acids is 3. The van der Waals surface area contributed by atoms with E-state index in [1.54, 1.807) is 0 Å². The number of carbonyl (C=O) groups is 3. The summed E-state index contributed by atoms with van der Waals surface area (Å²) in [7, 11) is 0. The molecule has 3 aliphatic heterocycles. The average Bonchev–Trinajstić information content (AvgIpc) is 3.62. The van der Waals surface area contributed by atoms with Crippen LogP contribution in [0.1, 0.15) is 99.8 Å². The molecule has 7 rings (SSSR count). The van der Waals surface area contributed by atoms with Crippen LogP contribution in [0.5, 0.6) is 0 Å². The van der Waals surface area contributed by atoms with Crippen molar-refractivity contribution in [3.05, 3.63) is 0 Å². The maximum Gasteiger partial charge on any atom is 0.303 e. The number of hydrogen-bond acceptors (Lipinski definition) is 18. The third kappa shape index (κ3) is 8.82. The van der Waals surface area contributed by atoms with Gasteiger partial charge in [0, 0.05) is 33.1 Å². The predicted octanol–water partition coefficient (Wildman–Crippen LogP) is 0.690. The molecule has 62 heavy (non-hydrogen) atoms. The summed E-state index contributed by atoms with van der Waals surface area (Å²) in [6.07, 6.45) is -9.78. The van der Waals surface area contributed by atoms with Crippen LogP contribution in [0, 0.1) is 52.3 Å². The second-order valence-corrected chi connectivity index (χ2v) is 20.3. The van der Waals surface area contributed by atoms with E-state index in [4.69, 9.17) is 37.9 Å². The normalized spacial score (nSPS) is 50.3. The van der Waals surface area contributed by atoms with Crippen LogP contribution in [-0.2, 0) is 52.3 Å². The molecule has 0 spiro atoms. The maximum absolute atomic E-state index is 12.6. The van der Waals surface area contributed by atoms with E-state index < -0.39 is 115 Å². The number of aliphatic hydroxyl groups is 7. The van der Waals surface area contributed by atoms with E-state index in [1.807, 2.05) is 13.8 Å². The highest BCUT2D eigenvalue weighted by molar-refractivity contribution is 5.68. The molecule has 0 aromatic heterocycles. The van der Waals surface area contributed by atoms with Gasteiger partial charge in [0.25, 0.3) is 0 Å². The fourth-order valence-electron chi connectivity index (χ4n) is 13.5. The van der Waals surface area contributed by atoms with Gasteiger partial charge in [-0.3, -0.25) is 14.4 Å². The van der Waals surface area contributed by atoms with Gasteiger partial charge in [-0.05, 0) is 91.3 Å². The van der Waals surface area contributed by atoms with Crippen molar-refractivity contribution in [2.75, 3.05) is 19.8 Å². The van der Waals surface area contributed by atoms with Gasteiger partial charge < -0.3 is 73.6 Å². The summed E-state index contributed by atoms with van der Waals surface area (Å²) in [6.45, 7) is 11.4. The Kier molecular flexibility index (Phi) is 14.1. The van der Waals surface area contributed by atoms with Crippen LogP contribution < -0.4 is 0 Å². The van der Waals surface area contributed by atoms with Gasteiger partial charge in [-0.2, -0.15) is 0 Å². The summed E-state index contributed by atoms with van der Waals surface area (Å²) in [5.74, 6) is -3.76. The minimum Gasteiger partial charge on any atom is -0.456 e. The Morgan fingerprint density at radius 2 is 1.47 bits per heavy atom. The fourth-order valence-corrected chi connectivity index (χ4v) is 13.5. The lowest BCUT2D eigenvalue weighted by Crippen LogP contribution is -2.64. The SMILES string of the molecule is CC(=O)OC1COC(OC2CC3(C)C(CC4OC(O)(CCC(C)COC5OC(CO)C(O)C(O)C5O)C(C)C43)C3CCC4CC(O)C(O)CC4(C)C23)C(OC(C)=O)C1OC(C)=O. The lowest BCUT2D eigenvalue weighted by Gasteiger charge is -2.64. The van der Waals surface area contributed by atoms with Gasteiger partial charge in [0.2, 0.25) is 0 Å². The van der Waals surface area contributed by atoms with E-state index in [-0.39, 0.29) is 67.2 Å². The second-order valence-electron chi connectivity index (χ2n) is 20.3. The van der Waals surface area contributed by atoms with Gasteiger partial charge in [-0.15, -0.1) is 0 Å². The molecule has 3 heterocycles. The molecular weight excluding hydrogens is 816 g/mol. The summed E-state index contributed by atoms with van der Waals surface area (Å²) in [6, 6.07) is 0. The maximum atomic E-state index is 12.6. The van der Waals surface area contributed by atoms with Crippen molar-refractivity contribution in [1.82, 2.24) is 0 Å². The Balaban J connectivity index is 1.12. The van der Waals surface area contributed by atoms with Crippen LogP contribution in [-0.4, -0.2) is 159 Å². The predicted molar refractivity (Wildman–Crippen MR) is 212 cm³/mol. The van der Waals surface area contributed by atoms with Crippen molar-refractivity contribution in [2.45, 2.75) is 185 Å². The van der Waals surface area contributed by atoms with Crippen LogP contribution in [0.4, 0.5) is 0 Å².